The summed E-state index contributed by atoms with van der Waals surface area (Å²) < 4.78 is 36.8. The molecule has 0 N–H and O–H groups in total. The van der Waals surface area contributed by atoms with Crippen LogP contribution in [0.3, 0.4) is 0 Å². The van der Waals surface area contributed by atoms with Crippen molar-refractivity contribution >= 4 is 74.1 Å². The summed E-state index contributed by atoms with van der Waals surface area (Å²) >= 11 is 0. The topological polar surface area (TPSA) is 47.3 Å². The van der Waals surface area contributed by atoms with Crippen molar-refractivity contribution in [3.05, 3.63) is 164 Å². The molecule has 0 saturated heterocycles. The maximum Gasteiger partial charge on any atom is 0.171 e. The Bertz CT molecular complexity index is 2100. The molecule has 0 unspecified atom stereocenters. The fourth-order valence-electron chi connectivity index (χ4n) is 5.85. The molecule has 0 fully saturated rings. The molecule has 0 bridgehead atoms. The van der Waals surface area contributed by atoms with Gasteiger partial charge in [-0.05, 0) is 30.3 Å². The lowest BCUT2D eigenvalue weighted by Gasteiger charge is -2.21. The molecular formula is C38H28O3P2. The smallest absolute Gasteiger partial charge is 0.171 e. The Hall–Kier alpha value is -4.68. The van der Waals surface area contributed by atoms with E-state index in [-0.39, 0.29) is 0 Å². The number of fused-ring (bicyclic) bond motifs is 3. The molecule has 0 spiro atoms. The van der Waals surface area contributed by atoms with Crippen molar-refractivity contribution in [1.82, 2.24) is 0 Å². The highest BCUT2D eigenvalue weighted by Crippen LogP contribution is 2.46. The SMILES string of the molecule is C=Cc1cc(P(=O)(c2ccccc2)c2ccccc2)cc2c1oc1ccc(P(=O)(c3ccccc3)c3ccccc3)cc12. The summed E-state index contributed by atoms with van der Waals surface area (Å²) in [5, 5.41) is 6.05. The van der Waals surface area contributed by atoms with Gasteiger partial charge >= 0.3 is 0 Å². The molecule has 0 radical (unpaired) electrons. The quantitative estimate of drug-likeness (QED) is 0.180. The minimum absolute atomic E-state index is 0.660. The summed E-state index contributed by atoms with van der Waals surface area (Å²) in [5.74, 6) is 0. The van der Waals surface area contributed by atoms with Crippen LogP contribution in [-0.2, 0) is 9.13 Å². The average molecular weight is 595 g/mol. The van der Waals surface area contributed by atoms with Crippen molar-refractivity contribution in [2.24, 2.45) is 0 Å². The van der Waals surface area contributed by atoms with Crippen LogP contribution in [0.1, 0.15) is 5.56 Å². The molecule has 1 heterocycles. The Kier molecular flexibility index (Phi) is 6.86. The van der Waals surface area contributed by atoms with E-state index in [9.17, 15) is 0 Å². The van der Waals surface area contributed by atoms with Crippen LogP contribution in [0.15, 0.2) is 163 Å². The molecule has 7 aromatic rings. The van der Waals surface area contributed by atoms with Gasteiger partial charge in [0.15, 0.2) is 14.3 Å². The lowest BCUT2D eigenvalue weighted by Crippen LogP contribution is -2.25. The molecule has 0 aliphatic carbocycles. The molecule has 6 aromatic carbocycles. The van der Waals surface area contributed by atoms with E-state index in [1.165, 1.54) is 0 Å². The maximum absolute atomic E-state index is 15.3. The Labute approximate surface area is 250 Å². The molecule has 43 heavy (non-hydrogen) atoms. The Morgan fingerprint density at radius 3 is 1.33 bits per heavy atom. The van der Waals surface area contributed by atoms with Crippen molar-refractivity contribution < 1.29 is 13.5 Å². The second-order valence-electron chi connectivity index (χ2n) is 10.5. The van der Waals surface area contributed by atoms with Gasteiger partial charge in [-0.1, -0.05) is 134 Å². The second-order valence-corrected chi connectivity index (χ2v) is 16.0. The van der Waals surface area contributed by atoms with Gasteiger partial charge in [0.2, 0.25) is 0 Å². The van der Waals surface area contributed by atoms with Crippen molar-refractivity contribution in [2.45, 2.75) is 0 Å². The largest absolute Gasteiger partial charge is 0.455 e. The van der Waals surface area contributed by atoms with Crippen molar-refractivity contribution in [2.75, 3.05) is 0 Å². The van der Waals surface area contributed by atoms with E-state index in [1.54, 1.807) is 6.08 Å². The van der Waals surface area contributed by atoms with E-state index in [4.69, 9.17) is 4.42 Å². The summed E-state index contributed by atoms with van der Waals surface area (Å²) in [4.78, 5) is 0. The van der Waals surface area contributed by atoms with Crippen molar-refractivity contribution in [3.63, 3.8) is 0 Å². The van der Waals surface area contributed by atoms with Gasteiger partial charge in [0.05, 0.1) is 0 Å². The van der Waals surface area contributed by atoms with Crippen LogP contribution in [0.25, 0.3) is 28.0 Å². The highest BCUT2D eigenvalue weighted by Gasteiger charge is 2.33. The summed E-state index contributed by atoms with van der Waals surface area (Å²) in [5.41, 5.74) is 2.08. The van der Waals surface area contributed by atoms with Crippen LogP contribution in [0.2, 0.25) is 0 Å². The van der Waals surface area contributed by atoms with E-state index < -0.39 is 14.3 Å². The molecule has 7 rings (SSSR count). The number of hydrogen-bond donors (Lipinski definition) is 0. The third kappa shape index (κ3) is 4.45. The van der Waals surface area contributed by atoms with Crippen molar-refractivity contribution in [3.8, 4) is 0 Å². The summed E-state index contributed by atoms with van der Waals surface area (Å²) in [7, 11) is -6.47. The first-order chi connectivity index (χ1) is 21.0. The molecule has 0 aliphatic heterocycles. The highest BCUT2D eigenvalue weighted by molar-refractivity contribution is 7.85. The zero-order chi connectivity index (χ0) is 29.4. The van der Waals surface area contributed by atoms with Crippen LogP contribution >= 0.6 is 14.3 Å². The molecule has 0 saturated carbocycles. The van der Waals surface area contributed by atoms with Crippen LogP contribution in [0, 0.1) is 0 Å². The van der Waals surface area contributed by atoms with Gasteiger partial charge in [0.1, 0.15) is 11.2 Å². The predicted molar refractivity (Wildman–Crippen MR) is 183 cm³/mol. The van der Waals surface area contributed by atoms with Gasteiger partial charge < -0.3 is 13.5 Å². The molecular weight excluding hydrogens is 566 g/mol. The first-order valence-corrected chi connectivity index (χ1v) is 17.5. The van der Waals surface area contributed by atoms with E-state index in [0.29, 0.717) is 21.8 Å². The van der Waals surface area contributed by atoms with Gasteiger partial charge in [-0.3, -0.25) is 0 Å². The molecule has 0 amide bonds. The first kappa shape index (κ1) is 27.2. The first-order valence-electron chi connectivity index (χ1n) is 14.1. The minimum atomic E-state index is -3.26. The molecule has 3 nitrogen and oxygen atoms in total. The van der Waals surface area contributed by atoms with Gasteiger partial charge in [-0.15, -0.1) is 0 Å². The lowest BCUT2D eigenvalue weighted by atomic mass is 10.1. The Balaban J connectivity index is 1.52. The van der Waals surface area contributed by atoms with Crippen LogP contribution in [-0.4, -0.2) is 0 Å². The van der Waals surface area contributed by atoms with Crippen molar-refractivity contribution in [1.29, 1.82) is 0 Å². The summed E-state index contributed by atoms with van der Waals surface area (Å²) in [6, 6.07) is 48.2. The predicted octanol–water partition coefficient (Wildman–Crippen LogP) is 7.51. The van der Waals surface area contributed by atoms with Gasteiger partial charge in [0, 0.05) is 48.2 Å². The molecule has 5 heteroatoms. The second kappa shape index (κ2) is 10.9. The monoisotopic (exact) mass is 594 g/mol. The molecule has 0 atom stereocenters. The maximum atomic E-state index is 15.3. The van der Waals surface area contributed by atoms with Gasteiger partial charge in [0.25, 0.3) is 0 Å². The summed E-state index contributed by atoms with van der Waals surface area (Å²) in [6.45, 7) is 4.06. The highest BCUT2D eigenvalue weighted by atomic mass is 31.2. The zero-order valence-corrected chi connectivity index (χ0v) is 25.1. The zero-order valence-electron chi connectivity index (χ0n) is 23.3. The standard InChI is InChI=1S/C38H28O3P2/c1-2-28-25-34(43(40,31-19-11-5-12-20-31)32-21-13-6-14-22-32)27-36-35-26-33(23-24-37(35)41-38(28)36)42(39,29-15-7-3-8-16-29)30-17-9-4-10-18-30/h2-27H,1H2. The lowest BCUT2D eigenvalue weighted by molar-refractivity contribution is 0.591. The van der Waals surface area contributed by atoms with Crippen LogP contribution in [0.4, 0.5) is 0 Å². The minimum Gasteiger partial charge on any atom is -0.455 e. The van der Waals surface area contributed by atoms with Crippen LogP contribution < -0.4 is 31.8 Å². The van der Waals surface area contributed by atoms with Gasteiger partial charge in [-0.25, -0.2) is 0 Å². The Morgan fingerprint density at radius 2 is 0.884 bits per heavy atom. The van der Waals surface area contributed by atoms with E-state index in [0.717, 1.165) is 37.6 Å². The van der Waals surface area contributed by atoms with Gasteiger partial charge in [-0.2, -0.15) is 0 Å². The van der Waals surface area contributed by atoms with E-state index in [2.05, 4.69) is 6.58 Å². The number of furan rings is 1. The summed E-state index contributed by atoms with van der Waals surface area (Å²) in [6.07, 6.45) is 1.74. The third-order valence-electron chi connectivity index (χ3n) is 7.99. The number of benzene rings is 6. The third-order valence-corrected chi connectivity index (χ3v) is 14.1. The molecule has 208 valence electrons. The average Bonchev–Trinajstić information content (AvgIpc) is 3.46. The van der Waals surface area contributed by atoms with E-state index in [1.807, 2.05) is 152 Å². The molecule has 0 aliphatic rings. The van der Waals surface area contributed by atoms with E-state index >= 15 is 9.13 Å². The number of rotatable bonds is 7. The fourth-order valence-corrected chi connectivity index (χ4v) is 11.2. The molecule has 1 aromatic heterocycles. The normalized spacial score (nSPS) is 12.0. The fraction of sp³-hybridized carbons (Fsp3) is 0. The Morgan fingerprint density at radius 1 is 0.465 bits per heavy atom. The number of hydrogen-bond acceptors (Lipinski definition) is 3. The van der Waals surface area contributed by atoms with Crippen LogP contribution in [0.5, 0.6) is 0 Å².